The van der Waals surface area contributed by atoms with E-state index in [1.807, 2.05) is 0 Å². The van der Waals surface area contributed by atoms with Gasteiger partial charge in [-0.15, -0.1) is 0 Å². The maximum Gasteiger partial charge on any atom is 0.0721 e. The summed E-state index contributed by atoms with van der Waals surface area (Å²) in [6.07, 6.45) is 4.21. The molecule has 3 aromatic rings. The van der Waals surface area contributed by atoms with Crippen LogP contribution < -0.4 is 0 Å². The molecule has 0 aromatic heterocycles. The average Bonchev–Trinajstić information content (AvgIpc) is 2.70. The van der Waals surface area contributed by atoms with Crippen LogP contribution in [0.1, 0.15) is 45.6 Å². The minimum absolute atomic E-state index is 0.381. The quantitative estimate of drug-likeness (QED) is 0.324. The Morgan fingerprint density at radius 1 is 0.929 bits per heavy atom. The maximum absolute atomic E-state index is 6.49. The van der Waals surface area contributed by atoms with Crippen LogP contribution in [0.5, 0.6) is 0 Å². The minimum atomic E-state index is 0.381. The highest BCUT2D eigenvalue weighted by molar-refractivity contribution is 9.11. The van der Waals surface area contributed by atoms with Crippen molar-refractivity contribution >= 4 is 53.4 Å². The van der Waals surface area contributed by atoms with Gasteiger partial charge in [0.25, 0.3) is 0 Å². The van der Waals surface area contributed by atoms with E-state index in [4.69, 9.17) is 4.74 Å². The molecular formula is C25H28Br2O. The molecule has 0 heterocycles. The molecule has 0 spiro atoms. The van der Waals surface area contributed by atoms with Crippen LogP contribution in [0.2, 0.25) is 0 Å². The number of ether oxygens (including phenoxy) is 1. The van der Waals surface area contributed by atoms with Crippen molar-refractivity contribution in [2.75, 3.05) is 0 Å². The van der Waals surface area contributed by atoms with Gasteiger partial charge in [-0.1, -0.05) is 63.6 Å². The van der Waals surface area contributed by atoms with Gasteiger partial charge in [-0.05, 0) is 95.6 Å². The third-order valence-electron chi connectivity index (χ3n) is 6.38. The summed E-state index contributed by atoms with van der Waals surface area (Å²) in [6.45, 7) is 7.73. The van der Waals surface area contributed by atoms with E-state index < -0.39 is 0 Å². The van der Waals surface area contributed by atoms with E-state index in [0.29, 0.717) is 24.5 Å². The van der Waals surface area contributed by atoms with E-state index in [2.05, 4.69) is 95.1 Å². The third kappa shape index (κ3) is 3.91. The van der Waals surface area contributed by atoms with Crippen LogP contribution in [0, 0.1) is 17.8 Å². The summed E-state index contributed by atoms with van der Waals surface area (Å²) in [7, 11) is 0. The molecule has 3 aromatic carbocycles. The predicted octanol–water partition coefficient (Wildman–Crippen LogP) is 8.50. The van der Waals surface area contributed by atoms with E-state index in [1.165, 1.54) is 46.4 Å². The smallest absolute Gasteiger partial charge is 0.0721 e. The van der Waals surface area contributed by atoms with Crippen LogP contribution in [0.15, 0.2) is 51.4 Å². The van der Waals surface area contributed by atoms with E-state index in [0.717, 1.165) is 14.9 Å². The second-order valence-electron chi connectivity index (χ2n) is 8.73. The molecular weight excluding hydrogens is 476 g/mol. The van der Waals surface area contributed by atoms with Gasteiger partial charge < -0.3 is 4.74 Å². The van der Waals surface area contributed by atoms with Gasteiger partial charge in [0, 0.05) is 8.95 Å². The molecule has 0 saturated heterocycles. The van der Waals surface area contributed by atoms with Gasteiger partial charge in [0.15, 0.2) is 0 Å². The highest BCUT2D eigenvalue weighted by Crippen LogP contribution is 2.40. The highest BCUT2D eigenvalue weighted by atomic mass is 79.9. The Hall–Kier alpha value is -0.900. The summed E-state index contributed by atoms with van der Waals surface area (Å²) < 4.78 is 8.82. The third-order valence-corrected chi connectivity index (χ3v) is 8.09. The largest absolute Gasteiger partial charge is 0.373 e. The number of fused-ring (bicyclic) bond motifs is 2. The number of halogens is 2. The molecule has 1 fully saturated rings. The first-order valence-corrected chi connectivity index (χ1v) is 11.9. The zero-order chi connectivity index (χ0) is 19.8. The standard InChI is InChI=1S/C25H28Br2O/c1-15(2)18-10-8-16(3)12-23(18)28-14-17-9-11-21-22(13-17)25(27)20-7-5-4-6-19(20)24(21)26/h4-7,9,11,13,15-16,18,23H,8,10,12,14H2,1-3H3/t16-,18+,23-/m0/s1. The van der Waals surface area contributed by atoms with Crippen LogP contribution in [0.25, 0.3) is 21.5 Å². The minimum Gasteiger partial charge on any atom is -0.373 e. The Bertz CT molecular complexity index is 995. The summed E-state index contributed by atoms with van der Waals surface area (Å²) in [4.78, 5) is 0. The lowest BCUT2D eigenvalue weighted by Crippen LogP contribution is -2.34. The van der Waals surface area contributed by atoms with Gasteiger partial charge in [-0.2, -0.15) is 0 Å². The molecule has 28 heavy (non-hydrogen) atoms. The zero-order valence-corrected chi connectivity index (χ0v) is 20.0. The predicted molar refractivity (Wildman–Crippen MR) is 127 cm³/mol. The van der Waals surface area contributed by atoms with Crippen LogP contribution in [0.4, 0.5) is 0 Å². The number of benzene rings is 3. The normalized spacial score (nSPS) is 23.0. The topological polar surface area (TPSA) is 9.23 Å². The molecule has 1 saturated carbocycles. The molecule has 3 atom stereocenters. The van der Waals surface area contributed by atoms with E-state index in [1.54, 1.807) is 0 Å². The Kier molecular flexibility index (Phi) is 6.15. The molecule has 0 unspecified atom stereocenters. The first-order chi connectivity index (χ1) is 13.5. The van der Waals surface area contributed by atoms with Crippen molar-refractivity contribution in [1.29, 1.82) is 0 Å². The van der Waals surface area contributed by atoms with Crippen LogP contribution in [0.3, 0.4) is 0 Å². The lowest BCUT2D eigenvalue weighted by molar-refractivity contribution is -0.0472. The second kappa shape index (κ2) is 8.45. The van der Waals surface area contributed by atoms with Gasteiger partial charge >= 0.3 is 0 Å². The van der Waals surface area contributed by atoms with E-state index >= 15 is 0 Å². The molecule has 1 aliphatic carbocycles. The molecule has 3 heteroatoms. The number of hydrogen-bond acceptors (Lipinski definition) is 1. The fourth-order valence-electron chi connectivity index (χ4n) is 4.72. The Balaban J connectivity index is 1.63. The van der Waals surface area contributed by atoms with Crippen molar-refractivity contribution in [2.24, 2.45) is 17.8 Å². The molecule has 0 radical (unpaired) electrons. The summed E-state index contributed by atoms with van der Waals surface area (Å²) >= 11 is 7.67. The Morgan fingerprint density at radius 2 is 1.57 bits per heavy atom. The van der Waals surface area contributed by atoms with Gasteiger partial charge in [0.05, 0.1) is 12.7 Å². The monoisotopic (exact) mass is 502 g/mol. The molecule has 4 rings (SSSR count). The van der Waals surface area contributed by atoms with Crippen molar-refractivity contribution < 1.29 is 4.74 Å². The van der Waals surface area contributed by atoms with Crippen molar-refractivity contribution in [3.8, 4) is 0 Å². The maximum atomic E-state index is 6.49. The van der Waals surface area contributed by atoms with Crippen molar-refractivity contribution in [3.05, 3.63) is 57.0 Å². The number of rotatable bonds is 4. The molecule has 0 amide bonds. The fraction of sp³-hybridized carbons (Fsp3) is 0.440. The summed E-state index contributed by atoms with van der Waals surface area (Å²) in [5.74, 6) is 2.14. The average molecular weight is 504 g/mol. The molecule has 1 aliphatic rings. The second-order valence-corrected chi connectivity index (χ2v) is 10.3. The van der Waals surface area contributed by atoms with E-state index in [-0.39, 0.29) is 0 Å². The van der Waals surface area contributed by atoms with Crippen LogP contribution >= 0.6 is 31.9 Å². The van der Waals surface area contributed by atoms with Crippen LogP contribution in [-0.2, 0) is 11.3 Å². The van der Waals surface area contributed by atoms with Crippen molar-refractivity contribution in [1.82, 2.24) is 0 Å². The summed E-state index contributed by atoms with van der Waals surface area (Å²) in [5.41, 5.74) is 1.25. The summed E-state index contributed by atoms with van der Waals surface area (Å²) in [6, 6.07) is 15.2. The SMILES string of the molecule is CC(C)[C@H]1CC[C@H](C)C[C@@H]1OCc1ccc2c(Br)c3ccccc3c(Br)c2c1. The molecule has 0 N–H and O–H groups in total. The highest BCUT2D eigenvalue weighted by Gasteiger charge is 2.31. The fourth-order valence-corrected chi connectivity index (χ4v) is 6.09. The summed E-state index contributed by atoms with van der Waals surface area (Å²) in [5, 5.41) is 4.95. The molecule has 0 bridgehead atoms. The van der Waals surface area contributed by atoms with Crippen LogP contribution in [-0.4, -0.2) is 6.10 Å². The van der Waals surface area contributed by atoms with E-state index in [9.17, 15) is 0 Å². The zero-order valence-electron chi connectivity index (χ0n) is 16.8. The first-order valence-electron chi connectivity index (χ1n) is 10.4. The van der Waals surface area contributed by atoms with Crippen molar-refractivity contribution in [3.63, 3.8) is 0 Å². The molecule has 0 aliphatic heterocycles. The molecule has 148 valence electrons. The lowest BCUT2D eigenvalue weighted by Gasteiger charge is -2.37. The van der Waals surface area contributed by atoms with Gasteiger partial charge in [0.1, 0.15) is 0 Å². The first kappa shape index (κ1) is 20.4. The Labute approximate surface area is 185 Å². The van der Waals surface area contributed by atoms with Gasteiger partial charge in [-0.25, -0.2) is 0 Å². The lowest BCUT2D eigenvalue weighted by atomic mass is 9.75. The molecule has 1 nitrogen and oxygen atoms in total. The van der Waals surface area contributed by atoms with Crippen molar-refractivity contribution in [2.45, 2.75) is 52.7 Å². The Morgan fingerprint density at radius 3 is 2.25 bits per heavy atom. The van der Waals surface area contributed by atoms with Gasteiger partial charge in [0.2, 0.25) is 0 Å². The number of hydrogen-bond donors (Lipinski definition) is 0. The van der Waals surface area contributed by atoms with Gasteiger partial charge in [-0.3, -0.25) is 0 Å².